The monoisotopic (exact) mass is 443 g/mol. The van der Waals surface area contributed by atoms with E-state index in [0.29, 0.717) is 29.2 Å². The van der Waals surface area contributed by atoms with Crippen LogP contribution in [-0.2, 0) is 4.84 Å². The molecule has 0 atom stereocenters. The van der Waals surface area contributed by atoms with E-state index in [1.165, 1.54) is 12.8 Å². The highest BCUT2D eigenvalue weighted by Gasteiger charge is 2.23. The number of hydrogen-bond donors (Lipinski definition) is 0. The van der Waals surface area contributed by atoms with Gasteiger partial charge in [0.15, 0.2) is 0 Å². The maximum absolute atomic E-state index is 13.2. The van der Waals surface area contributed by atoms with Crippen LogP contribution in [0.4, 0.5) is 0 Å². The van der Waals surface area contributed by atoms with Crippen LogP contribution in [0.5, 0.6) is 0 Å². The van der Waals surface area contributed by atoms with Gasteiger partial charge in [-0.2, -0.15) is 0 Å². The molecule has 4 nitrogen and oxygen atoms in total. The first-order valence-corrected chi connectivity index (χ1v) is 11.7. The van der Waals surface area contributed by atoms with E-state index in [9.17, 15) is 9.59 Å². The lowest BCUT2D eigenvalue weighted by Gasteiger charge is -2.11. The lowest BCUT2D eigenvalue weighted by atomic mass is 9.96. The van der Waals surface area contributed by atoms with Crippen molar-refractivity contribution < 1.29 is 14.4 Å². The molecule has 0 radical (unpaired) electrons. The number of rotatable bonds is 8. The molecule has 162 valence electrons. The Bertz CT molecular complexity index is 1070. The van der Waals surface area contributed by atoms with Crippen LogP contribution in [0.25, 0.3) is 0 Å². The Labute approximate surface area is 192 Å². The third kappa shape index (κ3) is 5.95. The molecule has 0 unspecified atom stereocenters. The van der Waals surface area contributed by atoms with E-state index >= 15 is 0 Å². The van der Waals surface area contributed by atoms with E-state index in [4.69, 9.17) is 4.84 Å². The average molecular weight is 444 g/mol. The van der Waals surface area contributed by atoms with Crippen molar-refractivity contribution in [1.82, 2.24) is 0 Å². The van der Waals surface area contributed by atoms with Gasteiger partial charge in [0.25, 0.3) is 0 Å². The molecule has 3 aromatic carbocycles. The SMILES string of the molecule is O=C(O/N=C(/CC1CCCC1)C(=O)c1ccc(Sc2ccccc2)cc1)c1ccccc1. The standard InChI is InChI=1S/C27H25NO3S/c29-26(21-15-17-24(18-16-21)32-23-13-5-2-6-14-23)25(19-20-9-7-8-10-20)28-31-27(30)22-11-3-1-4-12-22/h1-6,11-18,20H,7-10,19H2/b28-25-. The quantitative estimate of drug-likeness (QED) is 0.166. The molecule has 0 N–H and O–H groups in total. The topological polar surface area (TPSA) is 55.7 Å². The van der Waals surface area contributed by atoms with E-state index in [2.05, 4.69) is 17.3 Å². The minimum Gasteiger partial charge on any atom is -0.312 e. The van der Waals surface area contributed by atoms with E-state index in [0.717, 1.165) is 22.6 Å². The largest absolute Gasteiger partial charge is 0.365 e. The Kier molecular flexibility index (Phi) is 7.51. The second-order valence-electron chi connectivity index (χ2n) is 7.91. The van der Waals surface area contributed by atoms with Gasteiger partial charge in [-0.1, -0.05) is 79.0 Å². The third-order valence-electron chi connectivity index (χ3n) is 5.56. The number of carbonyl (C=O) groups is 2. The molecule has 1 saturated carbocycles. The van der Waals surface area contributed by atoms with Gasteiger partial charge in [-0.15, -0.1) is 0 Å². The molecule has 1 fully saturated rings. The summed E-state index contributed by atoms with van der Waals surface area (Å²) in [6.45, 7) is 0. The van der Waals surface area contributed by atoms with Crippen LogP contribution in [0.3, 0.4) is 0 Å². The predicted octanol–water partition coefficient (Wildman–Crippen LogP) is 6.81. The molecule has 0 saturated heterocycles. The fourth-order valence-corrected chi connectivity index (χ4v) is 4.69. The molecular weight excluding hydrogens is 418 g/mol. The highest BCUT2D eigenvalue weighted by Crippen LogP contribution is 2.30. The minimum atomic E-state index is -0.558. The lowest BCUT2D eigenvalue weighted by Crippen LogP contribution is -2.19. The summed E-state index contributed by atoms with van der Waals surface area (Å²) in [5, 5.41) is 4.04. The van der Waals surface area contributed by atoms with Crippen molar-refractivity contribution in [3.63, 3.8) is 0 Å². The normalized spacial score (nSPS) is 14.3. The molecule has 32 heavy (non-hydrogen) atoms. The summed E-state index contributed by atoms with van der Waals surface area (Å²) in [5.41, 5.74) is 1.27. The predicted molar refractivity (Wildman–Crippen MR) is 127 cm³/mol. The fraction of sp³-hybridized carbons (Fsp3) is 0.222. The summed E-state index contributed by atoms with van der Waals surface area (Å²) in [6, 6.07) is 26.3. The molecule has 4 rings (SSSR count). The molecule has 1 aliphatic carbocycles. The Morgan fingerprint density at radius 2 is 1.38 bits per heavy atom. The van der Waals surface area contributed by atoms with Gasteiger partial charge in [0.05, 0.1) is 5.56 Å². The van der Waals surface area contributed by atoms with Gasteiger partial charge in [0, 0.05) is 15.4 Å². The van der Waals surface area contributed by atoms with Crippen LogP contribution >= 0.6 is 11.8 Å². The number of ketones is 1. The first-order chi connectivity index (χ1) is 15.7. The van der Waals surface area contributed by atoms with Crippen LogP contribution in [0.1, 0.15) is 52.8 Å². The van der Waals surface area contributed by atoms with Crippen molar-refractivity contribution in [3.8, 4) is 0 Å². The van der Waals surface area contributed by atoms with Crippen LogP contribution < -0.4 is 0 Å². The van der Waals surface area contributed by atoms with Crippen molar-refractivity contribution in [1.29, 1.82) is 0 Å². The Morgan fingerprint density at radius 1 is 0.781 bits per heavy atom. The molecule has 5 heteroatoms. The molecule has 3 aromatic rings. The van der Waals surface area contributed by atoms with Gasteiger partial charge >= 0.3 is 5.97 Å². The molecule has 0 amide bonds. The minimum absolute atomic E-state index is 0.186. The van der Waals surface area contributed by atoms with Crippen molar-refractivity contribution >= 4 is 29.2 Å². The van der Waals surface area contributed by atoms with Gasteiger partial charge in [-0.3, -0.25) is 4.79 Å². The fourth-order valence-electron chi connectivity index (χ4n) is 3.85. The van der Waals surface area contributed by atoms with Crippen LogP contribution in [0.15, 0.2) is 99.9 Å². The molecule has 0 heterocycles. The smallest absolute Gasteiger partial charge is 0.312 e. The number of benzene rings is 3. The van der Waals surface area contributed by atoms with E-state index in [1.54, 1.807) is 36.0 Å². The molecular formula is C27H25NO3S. The van der Waals surface area contributed by atoms with Crippen molar-refractivity contribution in [3.05, 3.63) is 96.1 Å². The number of oxime groups is 1. The third-order valence-corrected chi connectivity index (χ3v) is 6.58. The van der Waals surface area contributed by atoms with Crippen molar-refractivity contribution in [2.24, 2.45) is 11.1 Å². The maximum atomic E-state index is 13.2. The van der Waals surface area contributed by atoms with Crippen molar-refractivity contribution in [2.45, 2.75) is 41.9 Å². The summed E-state index contributed by atoms with van der Waals surface area (Å²) in [6.07, 6.45) is 5.02. The number of nitrogens with zero attached hydrogens (tertiary/aromatic N) is 1. The Morgan fingerprint density at radius 3 is 2.03 bits per heavy atom. The highest BCUT2D eigenvalue weighted by atomic mass is 32.2. The zero-order valence-electron chi connectivity index (χ0n) is 17.8. The van der Waals surface area contributed by atoms with Crippen LogP contribution in [-0.4, -0.2) is 17.5 Å². The summed E-state index contributed by atoms with van der Waals surface area (Å²) in [7, 11) is 0. The van der Waals surface area contributed by atoms with Gasteiger partial charge in [-0.05, 0) is 60.9 Å². The Balaban J connectivity index is 1.49. The second kappa shape index (κ2) is 10.9. The second-order valence-corrected chi connectivity index (χ2v) is 9.05. The average Bonchev–Trinajstić information content (AvgIpc) is 3.36. The summed E-state index contributed by atoms with van der Waals surface area (Å²) < 4.78 is 0. The van der Waals surface area contributed by atoms with Gasteiger partial charge in [0.2, 0.25) is 5.78 Å². The number of Topliss-reactive ketones (excluding diaryl/α,β-unsaturated/α-hetero) is 1. The first kappa shape index (κ1) is 22.0. The van der Waals surface area contributed by atoms with Gasteiger partial charge in [0.1, 0.15) is 5.71 Å². The zero-order chi connectivity index (χ0) is 22.2. The molecule has 0 aromatic heterocycles. The Hall–Kier alpha value is -3.18. The maximum Gasteiger partial charge on any atom is 0.365 e. The van der Waals surface area contributed by atoms with E-state index < -0.39 is 5.97 Å². The van der Waals surface area contributed by atoms with Crippen LogP contribution in [0.2, 0.25) is 0 Å². The zero-order valence-corrected chi connectivity index (χ0v) is 18.6. The highest BCUT2D eigenvalue weighted by molar-refractivity contribution is 7.99. The molecule has 0 spiro atoms. The summed E-state index contributed by atoms with van der Waals surface area (Å²) in [5.74, 6) is -0.341. The number of carbonyl (C=O) groups excluding carboxylic acids is 2. The first-order valence-electron chi connectivity index (χ1n) is 10.9. The number of hydrogen-bond acceptors (Lipinski definition) is 5. The van der Waals surface area contributed by atoms with Gasteiger partial charge < -0.3 is 4.84 Å². The van der Waals surface area contributed by atoms with E-state index in [1.807, 2.05) is 48.5 Å². The molecule has 0 bridgehead atoms. The van der Waals surface area contributed by atoms with Crippen molar-refractivity contribution in [2.75, 3.05) is 0 Å². The summed E-state index contributed by atoms with van der Waals surface area (Å²) in [4.78, 5) is 32.9. The van der Waals surface area contributed by atoms with Crippen LogP contribution in [0, 0.1) is 5.92 Å². The van der Waals surface area contributed by atoms with Gasteiger partial charge in [-0.25, -0.2) is 4.79 Å². The lowest BCUT2D eigenvalue weighted by molar-refractivity contribution is 0.0514. The molecule has 1 aliphatic rings. The molecule has 0 aliphatic heterocycles. The summed E-state index contributed by atoms with van der Waals surface area (Å²) >= 11 is 1.64. The van der Waals surface area contributed by atoms with E-state index in [-0.39, 0.29) is 5.78 Å².